The number of H-pyrrole nitrogens is 1. The van der Waals surface area contributed by atoms with Crippen LogP contribution in [0.3, 0.4) is 0 Å². The average molecular weight is 419 g/mol. The third kappa shape index (κ3) is 5.10. The van der Waals surface area contributed by atoms with Crippen molar-refractivity contribution in [2.75, 3.05) is 25.2 Å². The van der Waals surface area contributed by atoms with E-state index in [-0.39, 0.29) is 31.5 Å². The first-order chi connectivity index (χ1) is 14.0. The number of nitrogens with zero attached hydrogens (tertiary/aromatic N) is 1. The Hall–Kier alpha value is -2.52. The minimum absolute atomic E-state index is 0.135. The number of aliphatic hydroxyl groups is 1. The van der Waals surface area contributed by atoms with Crippen LogP contribution in [0, 0.1) is 0 Å². The normalized spacial score (nSPS) is 17.6. The van der Waals surface area contributed by atoms with E-state index in [2.05, 4.69) is 15.6 Å². The number of nitrogens with one attached hydrogen (secondary N) is 3. The van der Waals surface area contributed by atoms with E-state index in [9.17, 15) is 19.5 Å². The smallest absolute Gasteiger partial charge is 0.324 e. The molecule has 1 aromatic heterocycles. The van der Waals surface area contributed by atoms with Crippen LogP contribution >= 0.6 is 11.8 Å². The first-order valence-corrected chi connectivity index (χ1v) is 11.0. The molecule has 2 aromatic rings. The standard InChI is InChI=1S/C20H26N4O4S/c1-29-9-7-14(12-25)22-18(26)10-17-19(27)24(20(28)23-17)8-6-13-11-21-16-5-3-2-4-15(13)16/h2-5,11,14,17,21,25H,6-10,12H2,1H3,(H,22,26)(H,23,28)/t14-,17+/m0/s1. The SMILES string of the molecule is CSCC[C@@H](CO)NC(=O)C[C@H]1NC(=O)N(CCc2c[nH]c3ccccc23)C1=O. The van der Waals surface area contributed by atoms with Gasteiger partial charge in [-0.3, -0.25) is 14.5 Å². The molecule has 1 aliphatic rings. The number of carbonyl (C=O) groups is 3. The van der Waals surface area contributed by atoms with Gasteiger partial charge in [-0.2, -0.15) is 11.8 Å². The number of amides is 4. The van der Waals surface area contributed by atoms with Gasteiger partial charge < -0.3 is 20.7 Å². The molecule has 2 heterocycles. The second-order valence-corrected chi connectivity index (χ2v) is 8.02. The van der Waals surface area contributed by atoms with E-state index in [4.69, 9.17) is 0 Å². The summed E-state index contributed by atoms with van der Waals surface area (Å²) in [5.74, 6) is 0.0589. The Morgan fingerprint density at radius 3 is 2.90 bits per heavy atom. The number of aromatic amines is 1. The Morgan fingerprint density at radius 2 is 2.14 bits per heavy atom. The van der Waals surface area contributed by atoms with Gasteiger partial charge in [-0.25, -0.2) is 4.79 Å². The van der Waals surface area contributed by atoms with Crippen LogP contribution < -0.4 is 10.6 Å². The lowest BCUT2D eigenvalue weighted by Gasteiger charge is -2.17. The van der Waals surface area contributed by atoms with Crippen molar-refractivity contribution in [1.82, 2.24) is 20.5 Å². The third-order valence-electron chi connectivity index (χ3n) is 5.03. The Bertz CT molecular complexity index is 884. The minimum atomic E-state index is -0.870. The molecule has 2 atom stereocenters. The predicted molar refractivity (Wildman–Crippen MR) is 113 cm³/mol. The van der Waals surface area contributed by atoms with Gasteiger partial charge in [0.2, 0.25) is 5.91 Å². The van der Waals surface area contributed by atoms with Gasteiger partial charge in [-0.15, -0.1) is 0 Å². The zero-order valence-corrected chi connectivity index (χ0v) is 17.1. The number of carbonyl (C=O) groups excluding carboxylic acids is 3. The molecule has 0 saturated carbocycles. The number of rotatable bonds is 10. The first kappa shape index (κ1) is 21.2. The number of aromatic nitrogens is 1. The summed E-state index contributed by atoms with van der Waals surface area (Å²) in [5.41, 5.74) is 2.04. The number of benzene rings is 1. The van der Waals surface area contributed by atoms with Gasteiger partial charge in [0.25, 0.3) is 5.91 Å². The summed E-state index contributed by atoms with van der Waals surface area (Å²) in [6, 6.07) is 6.16. The quantitative estimate of drug-likeness (QED) is 0.434. The number of hydrogen-bond donors (Lipinski definition) is 4. The fourth-order valence-electron chi connectivity index (χ4n) is 3.44. The van der Waals surface area contributed by atoms with Crippen LogP contribution in [-0.2, 0) is 16.0 Å². The van der Waals surface area contributed by atoms with Crippen LogP contribution in [0.4, 0.5) is 4.79 Å². The van der Waals surface area contributed by atoms with E-state index < -0.39 is 18.0 Å². The molecule has 9 heteroatoms. The maximum Gasteiger partial charge on any atom is 0.324 e. The Kier molecular flexibility index (Phi) is 7.16. The Labute approximate surface area is 173 Å². The second-order valence-electron chi connectivity index (χ2n) is 7.03. The highest BCUT2D eigenvalue weighted by atomic mass is 32.2. The maximum atomic E-state index is 12.6. The highest BCUT2D eigenvalue weighted by Crippen LogP contribution is 2.19. The van der Waals surface area contributed by atoms with E-state index in [0.717, 1.165) is 27.1 Å². The molecular formula is C20H26N4O4S. The van der Waals surface area contributed by atoms with E-state index in [1.165, 1.54) is 0 Å². The van der Waals surface area contributed by atoms with Crippen molar-refractivity contribution >= 4 is 40.5 Å². The van der Waals surface area contributed by atoms with E-state index >= 15 is 0 Å². The van der Waals surface area contributed by atoms with Gasteiger partial charge in [0.05, 0.1) is 19.1 Å². The summed E-state index contributed by atoms with van der Waals surface area (Å²) >= 11 is 1.63. The first-order valence-electron chi connectivity index (χ1n) is 9.59. The summed E-state index contributed by atoms with van der Waals surface area (Å²) in [6.45, 7) is 0.0889. The largest absolute Gasteiger partial charge is 0.394 e. The lowest BCUT2D eigenvalue weighted by molar-refractivity contribution is -0.131. The van der Waals surface area contributed by atoms with Gasteiger partial charge in [0.15, 0.2) is 0 Å². The molecular weight excluding hydrogens is 392 g/mol. The lowest BCUT2D eigenvalue weighted by atomic mass is 10.1. The number of para-hydroxylation sites is 1. The van der Waals surface area contributed by atoms with Crippen molar-refractivity contribution in [2.45, 2.75) is 31.3 Å². The molecule has 0 bridgehead atoms. The lowest BCUT2D eigenvalue weighted by Crippen LogP contribution is -2.42. The summed E-state index contributed by atoms with van der Waals surface area (Å²) in [6.07, 6.45) is 4.88. The molecule has 0 radical (unpaired) electrons. The average Bonchev–Trinajstić information content (AvgIpc) is 3.24. The van der Waals surface area contributed by atoms with Crippen molar-refractivity contribution in [3.63, 3.8) is 0 Å². The summed E-state index contributed by atoms with van der Waals surface area (Å²) in [7, 11) is 0. The molecule has 8 nitrogen and oxygen atoms in total. The number of imide groups is 1. The number of aliphatic hydroxyl groups excluding tert-OH is 1. The highest BCUT2D eigenvalue weighted by molar-refractivity contribution is 7.98. The number of urea groups is 1. The summed E-state index contributed by atoms with van der Waals surface area (Å²) < 4.78 is 0. The maximum absolute atomic E-state index is 12.6. The van der Waals surface area contributed by atoms with Crippen molar-refractivity contribution in [3.05, 3.63) is 36.0 Å². The van der Waals surface area contributed by atoms with Crippen LogP contribution in [0.5, 0.6) is 0 Å². The van der Waals surface area contributed by atoms with Crippen LogP contribution in [0.2, 0.25) is 0 Å². The van der Waals surface area contributed by atoms with Crippen molar-refractivity contribution in [3.8, 4) is 0 Å². The van der Waals surface area contributed by atoms with E-state index in [0.29, 0.717) is 12.8 Å². The van der Waals surface area contributed by atoms with Gasteiger partial charge in [0.1, 0.15) is 6.04 Å². The van der Waals surface area contributed by atoms with Crippen LogP contribution in [0.1, 0.15) is 18.4 Å². The van der Waals surface area contributed by atoms with Crippen LogP contribution in [-0.4, -0.2) is 70.1 Å². The molecule has 4 amide bonds. The van der Waals surface area contributed by atoms with Gasteiger partial charge in [-0.1, -0.05) is 18.2 Å². The van der Waals surface area contributed by atoms with Gasteiger partial charge in [0, 0.05) is 23.6 Å². The fourth-order valence-corrected chi connectivity index (χ4v) is 3.96. The van der Waals surface area contributed by atoms with Gasteiger partial charge >= 0.3 is 6.03 Å². The molecule has 0 spiro atoms. The molecule has 1 saturated heterocycles. The summed E-state index contributed by atoms with van der Waals surface area (Å²) in [5, 5.41) is 15.7. The van der Waals surface area contributed by atoms with Gasteiger partial charge in [-0.05, 0) is 36.5 Å². The Balaban J connectivity index is 1.54. The molecule has 29 heavy (non-hydrogen) atoms. The number of thioether (sulfide) groups is 1. The fraction of sp³-hybridized carbons (Fsp3) is 0.450. The van der Waals surface area contributed by atoms with E-state index in [1.54, 1.807) is 11.8 Å². The predicted octanol–water partition coefficient (Wildman–Crippen LogP) is 1.25. The van der Waals surface area contributed by atoms with Crippen molar-refractivity contribution < 1.29 is 19.5 Å². The highest BCUT2D eigenvalue weighted by Gasteiger charge is 2.38. The third-order valence-corrected chi connectivity index (χ3v) is 5.68. The molecule has 0 aliphatic carbocycles. The molecule has 4 N–H and O–H groups in total. The topological polar surface area (TPSA) is 115 Å². The Morgan fingerprint density at radius 1 is 1.34 bits per heavy atom. The summed E-state index contributed by atoms with van der Waals surface area (Å²) in [4.78, 5) is 41.4. The molecule has 0 unspecified atom stereocenters. The minimum Gasteiger partial charge on any atom is -0.394 e. The van der Waals surface area contributed by atoms with Crippen molar-refractivity contribution in [1.29, 1.82) is 0 Å². The molecule has 156 valence electrons. The molecule has 1 fully saturated rings. The molecule has 1 aliphatic heterocycles. The number of fused-ring (bicyclic) bond motifs is 1. The second kappa shape index (κ2) is 9.80. The van der Waals surface area contributed by atoms with Crippen molar-refractivity contribution in [2.24, 2.45) is 0 Å². The van der Waals surface area contributed by atoms with Crippen LogP contribution in [0.25, 0.3) is 10.9 Å². The number of hydrogen-bond acceptors (Lipinski definition) is 5. The van der Waals surface area contributed by atoms with E-state index in [1.807, 2.05) is 36.7 Å². The zero-order chi connectivity index (χ0) is 20.8. The molecule has 3 rings (SSSR count). The molecule has 1 aromatic carbocycles. The zero-order valence-electron chi connectivity index (χ0n) is 16.3. The van der Waals surface area contributed by atoms with Crippen LogP contribution in [0.15, 0.2) is 30.5 Å². The monoisotopic (exact) mass is 418 g/mol.